The molecule has 0 saturated heterocycles. The van der Waals surface area contributed by atoms with Crippen LogP contribution in [0.2, 0.25) is 0 Å². The van der Waals surface area contributed by atoms with Gasteiger partial charge in [0.1, 0.15) is 0 Å². The molecule has 0 spiro atoms. The Labute approximate surface area is 103 Å². The predicted octanol–water partition coefficient (Wildman–Crippen LogP) is -0.795. The van der Waals surface area contributed by atoms with E-state index in [1.165, 1.54) is 4.90 Å². The van der Waals surface area contributed by atoms with Gasteiger partial charge in [0, 0.05) is 20.7 Å². The van der Waals surface area contributed by atoms with Gasteiger partial charge in [-0.2, -0.15) is 0 Å². The first kappa shape index (κ1) is 15.9. The molecule has 6 nitrogen and oxygen atoms in total. The highest BCUT2D eigenvalue weighted by atomic mass is 16.5. The fourth-order valence-electron chi connectivity index (χ4n) is 1.22. The molecule has 0 aromatic rings. The second-order valence-electron chi connectivity index (χ2n) is 4.38. The van der Waals surface area contributed by atoms with E-state index in [9.17, 15) is 9.59 Å². The van der Waals surface area contributed by atoms with Crippen molar-refractivity contribution >= 4 is 11.8 Å². The van der Waals surface area contributed by atoms with Crippen LogP contribution in [0.25, 0.3) is 0 Å². The SMILES string of the molecule is CNC(C)(C)C(=O)N(C)CC(=O)NCCOC. The maximum atomic E-state index is 11.9. The molecule has 0 aliphatic heterocycles. The molecule has 0 aromatic heterocycles. The number of hydrogen-bond acceptors (Lipinski definition) is 4. The molecule has 0 fully saturated rings. The summed E-state index contributed by atoms with van der Waals surface area (Å²) < 4.78 is 4.81. The number of nitrogens with one attached hydrogen (secondary N) is 2. The summed E-state index contributed by atoms with van der Waals surface area (Å²) >= 11 is 0. The molecule has 2 N–H and O–H groups in total. The van der Waals surface area contributed by atoms with E-state index in [1.54, 1.807) is 35.1 Å². The Morgan fingerprint density at radius 3 is 2.41 bits per heavy atom. The summed E-state index contributed by atoms with van der Waals surface area (Å²) in [5.41, 5.74) is -0.665. The number of ether oxygens (including phenoxy) is 1. The number of nitrogens with zero attached hydrogens (tertiary/aromatic N) is 1. The second-order valence-corrected chi connectivity index (χ2v) is 4.38. The van der Waals surface area contributed by atoms with E-state index >= 15 is 0 Å². The van der Waals surface area contributed by atoms with E-state index in [-0.39, 0.29) is 18.4 Å². The van der Waals surface area contributed by atoms with Gasteiger partial charge < -0.3 is 20.3 Å². The smallest absolute Gasteiger partial charge is 0.242 e. The number of hydrogen-bond donors (Lipinski definition) is 2. The topological polar surface area (TPSA) is 70.7 Å². The molecule has 0 aromatic carbocycles. The molecular formula is C11H23N3O3. The third kappa shape index (κ3) is 5.65. The number of carbonyl (C=O) groups is 2. The average Bonchev–Trinajstić information content (AvgIpc) is 2.28. The lowest BCUT2D eigenvalue weighted by atomic mass is 10.0. The van der Waals surface area contributed by atoms with Gasteiger partial charge in [-0.1, -0.05) is 0 Å². The largest absolute Gasteiger partial charge is 0.383 e. The van der Waals surface area contributed by atoms with Gasteiger partial charge in [-0.05, 0) is 20.9 Å². The van der Waals surface area contributed by atoms with Gasteiger partial charge in [0.05, 0.1) is 18.7 Å². The summed E-state index contributed by atoms with van der Waals surface area (Å²) in [6.07, 6.45) is 0. The standard InChI is InChI=1S/C11H23N3O3/c1-11(2,12-3)10(16)14(4)8-9(15)13-6-7-17-5/h12H,6-8H2,1-5H3,(H,13,15). The van der Waals surface area contributed by atoms with Crippen molar-refractivity contribution in [1.29, 1.82) is 0 Å². The van der Waals surface area contributed by atoms with Crippen LogP contribution in [0.3, 0.4) is 0 Å². The highest BCUT2D eigenvalue weighted by molar-refractivity contribution is 5.89. The van der Waals surface area contributed by atoms with Gasteiger partial charge in [-0.25, -0.2) is 0 Å². The number of carbonyl (C=O) groups excluding carboxylic acids is 2. The van der Waals surface area contributed by atoms with Gasteiger partial charge >= 0.3 is 0 Å². The van der Waals surface area contributed by atoms with Crippen molar-refractivity contribution in [2.45, 2.75) is 19.4 Å². The molecule has 0 aliphatic carbocycles. The van der Waals surface area contributed by atoms with Gasteiger partial charge in [0.15, 0.2) is 0 Å². The quantitative estimate of drug-likeness (QED) is 0.576. The van der Waals surface area contributed by atoms with Crippen molar-refractivity contribution in [3.05, 3.63) is 0 Å². The van der Waals surface area contributed by atoms with Crippen LogP contribution < -0.4 is 10.6 Å². The maximum absolute atomic E-state index is 11.9. The van der Waals surface area contributed by atoms with E-state index in [1.807, 2.05) is 0 Å². The van der Waals surface area contributed by atoms with E-state index in [2.05, 4.69) is 10.6 Å². The Morgan fingerprint density at radius 2 is 1.94 bits per heavy atom. The highest BCUT2D eigenvalue weighted by Gasteiger charge is 2.29. The van der Waals surface area contributed by atoms with Gasteiger partial charge in [0.2, 0.25) is 11.8 Å². The minimum Gasteiger partial charge on any atom is -0.383 e. The van der Waals surface area contributed by atoms with Crippen LogP contribution in [0.4, 0.5) is 0 Å². The molecule has 6 heteroatoms. The highest BCUT2D eigenvalue weighted by Crippen LogP contribution is 2.05. The normalized spacial score (nSPS) is 11.1. The average molecular weight is 245 g/mol. The van der Waals surface area contributed by atoms with E-state index < -0.39 is 5.54 Å². The van der Waals surface area contributed by atoms with Crippen molar-refractivity contribution < 1.29 is 14.3 Å². The zero-order valence-corrected chi connectivity index (χ0v) is 11.3. The minimum atomic E-state index is -0.665. The van der Waals surface area contributed by atoms with Crippen LogP contribution in [0.5, 0.6) is 0 Å². The van der Waals surface area contributed by atoms with E-state index in [0.717, 1.165) is 0 Å². The lowest BCUT2D eigenvalue weighted by Gasteiger charge is -2.28. The van der Waals surface area contributed by atoms with Gasteiger partial charge in [0.25, 0.3) is 0 Å². The lowest BCUT2D eigenvalue weighted by Crippen LogP contribution is -2.53. The molecule has 0 aliphatic rings. The van der Waals surface area contributed by atoms with E-state index in [0.29, 0.717) is 13.2 Å². The van der Waals surface area contributed by atoms with Gasteiger partial charge in [-0.3, -0.25) is 9.59 Å². The van der Waals surface area contributed by atoms with Crippen molar-refractivity contribution in [3.63, 3.8) is 0 Å². The van der Waals surface area contributed by atoms with Crippen LogP contribution in [0.1, 0.15) is 13.8 Å². The summed E-state index contributed by atoms with van der Waals surface area (Å²) in [7, 11) is 4.89. The molecule has 0 radical (unpaired) electrons. The van der Waals surface area contributed by atoms with Crippen LogP contribution in [0, 0.1) is 0 Å². The molecule has 2 amide bonds. The molecule has 0 saturated carbocycles. The third-order valence-corrected chi connectivity index (χ3v) is 2.52. The molecule has 0 bridgehead atoms. The molecule has 17 heavy (non-hydrogen) atoms. The molecule has 100 valence electrons. The van der Waals surface area contributed by atoms with Crippen molar-refractivity contribution in [1.82, 2.24) is 15.5 Å². The Hall–Kier alpha value is -1.14. The summed E-state index contributed by atoms with van der Waals surface area (Å²) in [4.78, 5) is 24.8. The molecular weight excluding hydrogens is 222 g/mol. The zero-order valence-electron chi connectivity index (χ0n) is 11.3. The Kier molecular flexibility index (Phi) is 6.75. The number of likely N-dealkylation sites (N-methyl/N-ethyl adjacent to an activating group) is 2. The molecule has 0 atom stereocenters. The fraction of sp³-hybridized carbons (Fsp3) is 0.818. The summed E-state index contributed by atoms with van der Waals surface area (Å²) in [6, 6.07) is 0. The predicted molar refractivity (Wildman–Crippen MR) is 65.7 cm³/mol. The summed E-state index contributed by atoms with van der Waals surface area (Å²) in [5.74, 6) is -0.313. The fourth-order valence-corrected chi connectivity index (χ4v) is 1.22. The van der Waals surface area contributed by atoms with Crippen LogP contribution >= 0.6 is 0 Å². The summed E-state index contributed by atoms with van der Waals surface area (Å²) in [6.45, 7) is 4.51. The monoisotopic (exact) mass is 245 g/mol. The molecule has 0 rings (SSSR count). The van der Waals surface area contributed by atoms with Crippen molar-refractivity contribution in [2.75, 3.05) is 40.9 Å². The maximum Gasteiger partial charge on any atom is 0.242 e. The first-order chi connectivity index (χ1) is 7.85. The zero-order chi connectivity index (χ0) is 13.5. The first-order valence-corrected chi connectivity index (χ1v) is 5.55. The van der Waals surface area contributed by atoms with E-state index in [4.69, 9.17) is 4.74 Å². The second kappa shape index (κ2) is 7.24. The number of rotatable bonds is 7. The Morgan fingerprint density at radius 1 is 1.35 bits per heavy atom. The lowest BCUT2D eigenvalue weighted by molar-refractivity contribution is -0.139. The Balaban J connectivity index is 4.12. The van der Waals surface area contributed by atoms with Crippen molar-refractivity contribution in [3.8, 4) is 0 Å². The third-order valence-electron chi connectivity index (χ3n) is 2.52. The van der Waals surface area contributed by atoms with Crippen LogP contribution in [-0.4, -0.2) is 63.2 Å². The summed E-state index contributed by atoms with van der Waals surface area (Å²) in [5, 5.41) is 5.57. The molecule has 0 heterocycles. The first-order valence-electron chi connectivity index (χ1n) is 5.55. The number of amides is 2. The van der Waals surface area contributed by atoms with Gasteiger partial charge in [-0.15, -0.1) is 0 Å². The van der Waals surface area contributed by atoms with Crippen LogP contribution in [0.15, 0.2) is 0 Å². The van der Waals surface area contributed by atoms with Crippen LogP contribution in [-0.2, 0) is 14.3 Å². The number of methoxy groups -OCH3 is 1. The minimum absolute atomic E-state index is 0.0493. The Bertz CT molecular complexity index is 267. The van der Waals surface area contributed by atoms with Crippen molar-refractivity contribution in [2.24, 2.45) is 0 Å². The molecule has 0 unspecified atom stereocenters.